The summed E-state index contributed by atoms with van der Waals surface area (Å²) in [7, 11) is 7.94. The van der Waals surface area contributed by atoms with Gasteiger partial charge in [-0.15, -0.1) is 0 Å². The molecule has 0 radical (unpaired) electrons. The van der Waals surface area contributed by atoms with Crippen LogP contribution in [0.5, 0.6) is 23.0 Å². The molecule has 0 aliphatic rings. The molecule has 150 valence electrons. The van der Waals surface area contributed by atoms with E-state index in [-0.39, 0.29) is 12.5 Å². The van der Waals surface area contributed by atoms with Crippen LogP contribution in [0, 0.1) is 0 Å². The first kappa shape index (κ1) is 21.1. The third-order valence-electron chi connectivity index (χ3n) is 4.18. The van der Waals surface area contributed by atoms with Crippen LogP contribution in [0.1, 0.15) is 11.1 Å². The maximum Gasteiger partial charge on any atom is 0.238 e. The number of ether oxygens (including phenoxy) is 4. The number of hydrogen-bond donors (Lipinski definition) is 2. The van der Waals surface area contributed by atoms with Gasteiger partial charge in [-0.3, -0.25) is 4.79 Å². The van der Waals surface area contributed by atoms with E-state index in [9.17, 15) is 4.79 Å². The molecule has 0 heterocycles. The van der Waals surface area contributed by atoms with Crippen molar-refractivity contribution in [3.63, 3.8) is 0 Å². The Morgan fingerprint density at radius 2 is 1.61 bits per heavy atom. The highest BCUT2D eigenvalue weighted by Gasteiger charge is 2.17. The lowest BCUT2D eigenvalue weighted by Gasteiger charge is -2.18. The quantitative estimate of drug-likeness (QED) is 0.690. The van der Waals surface area contributed by atoms with E-state index in [1.54, 1.807) is 41.6 Å². The summed E-state index contributed by atoms with van der Waals surface area (Å²) in [6, 6.07) is 9.04. The SMILES string of the molecule is C=C(c1cc(OC)c(OC)c(OC)c1)c1ccc(OC)cc1NC(=O)CNC. The van der Waals surface area contributed by atoms with Crippen molar-refractivity contribution in [1.82, 2.24) is 5.32 Å². The Morgan fingerprint density at radius 1 is 0.964 bits per heavy atom. The molecule has 2 N–H and O–H groups in total. The number of methoxy groups -OCH3 is 4. The fraction of sp³-hybridized carbons (Fsp3) is 0.286. The molecule has 2 aromatic rings. The van der Waals surface area contributed by atoms with Gasteiger partial charge in [0.25, 0.3) is 0 Å². The minimum atomic E-state index is -0.172. The van der Waals surface area contributed by atoms with Crippen molar-refractivity contribution in [2.75, 3.05) is 47.3 Å². The van der Waals surface area contributed by atoms with Crippen LogP contribution in [0.15, 0.2) is 36.9 Å². The summed E-state index contributed by atoms with van der Waals surface area (Å²) >= 11 is 0. The van der Waals surface area contributed by atoms with Gasteiger partial charge in [-0.2, -0.15) is 0 Å². The molecule has 2 aromatic carbocycles. The molecule has 0 bridgehead atoms. The molecule has 0 aliphatic carbocycles. The van der Waals surface area contributed by atoms with Crippen molar-refractivity contribution < 1.29 is 23.7 Å². The van der Waals surface area contributed by atoms with Gasteiger partial charge >= 0.3 is 0 Å². The summed E-state index contributed by atoms with van der Waals surface area (Å²) in [6.07, 6.45) is 0. The minimum absolute atomic E-state index is 0.172. The Hall–Kier alpha value is -3.19. The molecule has 0 aromatic heterocycles. The maximum absolute atomic E-state index is 12.1. The van der Waals surface area contributed by atoms with Crippen LogP contribution in [0.4, 0.5) is 5.69 Å². The van der Waals surface area contributed by atoms with Crippen LogP contribution in [0.2, 0.25) is 0 Å². The second-order valence-electron chi connectivity index (χ2n) is 5.88. The molecular weight excluding hydrogens is 360 g/mol. The summed E-state index contributed by atoms with van der Waals surface area (Å²) in [5.41, 5.74) is 2.79. The maximum atomic E-state index is 12.1. The van der Waals surface area contributed by atoms with Crippen LogP contribution in [0.3, 0.4) is 0 Å². The molecule has 1 amide bonds. The Labute approximate surface area is 165 Å². The highest BCUT2D eigenvalue weighted by molar-refractivity contribution is 5.97. The second kappa shape index (κ2) is 9.66. The van der Waals surface area contributed by atoms with Crippen LogP contribution < -0.4 is 29.6 Å². The van der Waals surface area contributed by atoms with Crippen LogP contribution in [-0.4, -0.2) is 47.9 Å². The summed E-state index contributed by atoms with van der Waals surface area (Å²) < 4.78 is 21.5. The van der Waals surface area contributed by atoms with E-state index in [0.29, 0.717) is 34.3 Å². The molecule has 0 saturated carbocycles. The topological polar surface area (TPSA) is 78.1 Å². The van der Waals surface area contributed by atoms with Gasteiger partial charge in [-0.05, 0) is 42.4 Å². The van der Waals surface area contributed by atoms with E-state index >= 15 is 0 Å². The molecule has 2 rings (SSSR count). The van der Waals surface area contributed by atoms with Gasteiger partial charge in [-0.25, -0.2) is 0 Å². The summed E-state index contributed by atoms with van der Waals surface area (Å²) in [5.74, 6) is 1.99. The normalized spacial score (nSPS) is 10.2. The Kier molecular flexibility index (Phi) is 7.28. The predicted molar refractivity (Wildman–Crippen MR) is 110 cm³/mol. The lowest BCUT2D eigenvalue weighted by Crippen LogP contribution is -2.25. The second-order valence-corrected chi connectivity index (χ2v) is 5.88. The molecule has 0 unspecified atom stereocenters. The number of likely N-dealkylation sites (N-methyl/N-ethyl adjacent to an activating group) is 1. The standard InChI is InChI=1S/C21H26N2O5/c1-13(14-9-18(26-4)21(28-6)19(10-14)27-5)16-8-7-15(25-3)11-17(16)23-20(24)12-22-2/h7-11,22H,1,12H2,2-6H3,(H,23,24). The molecular formula is C21H26N2O5. The van der Waals surface area contributed by atoms with Crippen molar-refractivity contribution in [1.29, 1.82) is 0 Å². The Morgan fingerprint density at radius 3 is 2.11 bits per heavy atom. The lowest BCUT2D eigenvalue weighted by molar-refractivity contribution is -0.115. The fourth-order valence-corrected chi connectivity index (χ4v) is 2.78. The zero-order chi connectivity index (χ0) is 20.7. The number of hydrogen-bond acceptors (Lipinski definition) is 6. The number of nitrogens with one attached hydrogen (secondary N) is 2. The average molecular weight is 386 g/mol. The number of benzene rings is 2. The molecule has 0 spiro atoms. The van der Waals surface area contributed by atoms with Crippen LogP contribution in [0.25, 0.3) is 5.57 Å². The smallest absolute Gasteiger partial charge is 0.238 e. The summed E-state index contributed by atoms with van der Waals surface area (Å²) in [4.78, 5) is 12.1. The zero-order valence-corrected chi connectivity index (χ0v) is 16.8. The third kappa shape index (κ3) is 4.55. The fourth-order valence-electron chi connectivity index (χ4n) is 2.78. The lowest BCUT2D eigenvalue weighted by atomic mass is 9.97. The number of anilines is 1. The van der Waals surface area contributed by atoms with Crippen molar-refractivity contribution >= 4 is 17.2 Å². The Balaban J connectivity index is 2.52. The monoisotopic (exact) mass is 386 g/mol. The molecule has 0 atom stereocenters. The van der Waals surface area contributed by atoms with Gasteiger partial charge < -0.3 is 29.6 Å². The van der Waals surface area contributed by atoms with Crippen molar-refractivity contribution in [3.05, 3.63) is 48.0 Å². The minimum Gasteiger partial charge on any atom is -0.497 e. The predicted octanol–water partition coefficient (Wildman–Crippen LogP) is 2.94. The van der Waals surface area contributed by atoms with E-state index in [0.717, 1.165) is 11.1 Å². The van der Waals surface area contributed by atoms with E-state index in [1.165, 1.54) is 0 Å². The first-order valence-electron chi connectivity index (χ1n) is 8.61. The first-order chi connectivity index (χ1) is 13.5. The highest BCUT2D eigenvalue weighted by Crippen LogP contribution is 2.41. The van der Waals surface area contributed by atoms with Crippen LogP contribution >= 0.6 is 0 Å². The molecule has 7 heteroatoms. The number of carbonyl (C=O) groups is 1. The van der Waals surface area contributed by atoms with Crippen molar-refractivity contribution in [2.45, 2.75) is 0 Å². The average Bonchev–Trinajstić information content (AvgIpc) is 2.72. The van der Waals surface area contributed by atoms with Gasteiger partial charge in [-0.1, -0.05) is 6.58 Å². The van der Waals surface area contributed by atoms with Crippen LogP contribution in [-0.2, 0) is 4.79 Å². The molecule has 28 heavy (non-hydrogen) atoms. The molecule has 0 aliphatic heterocycles. The number of rotatable bonds is 9. The largest absolute Gasteiger partial charge is 0.497 e. The van der Waals surface area contributed by atoms with Crippen molar-refractivity contribution in [3.8, 4) is 23.0 Å². The van der Waals surface area contributed by atoms with Gasteiger partial charge in [0.15, 0.2) is 11.5 Å². The van der Waals surface area contributed by atoms with Gasteiger partial charge in [0.05, 0.1) is 40.7 Å². The Bertz CT molecular complexity index is 839. The third-order valence-corrected chi connectivity index (χ3v) is 4.18. The van der Waals surface area contributed by atoms with E-state index in [1.807, 2.05) is 24.3 Å². The molecule has 0 fully saturated rings. The summed E-state index contributed by atoms with van der Waals surface area (Å²) in [5, 5.41) is 5.71. The summed E-state index contributed by atoms with van der Waals surface area (Å²) in [6.45, 7) is 4.40. The van der Waals surface area contributed by atoms with Gasteiger partial charge in [0.2, 0.25) is 11.7 Å². The molecule has 7 nitrogen and oxygen atoms in total. The van der Waals surface area contributed by atoms with E-state index < -0.39 is 0 Å². The van der Waals surface area contributed by atoms with Gasteiger partial charge in [0, 0.05) is 11.6 Å². The number of amides is 1. The van der Waals surface area contributed by atoms with E-state index in [2.05, 4.69) is 17.2 Å². The number of carbonyl (C=O) groups excluding carboxylic acids is 1. The first-order valence-corrected chi connectivity index (χ1v) is 8.61. The highest BCUT2D eigenvalue weighted by atomic mass is 16.5. The molecule has 0 saturated heterocycles. The van der Waals surface area contributed by atoms with Gasteiger partial charge in [0.1, 0.15) is 5.75 Å². The van der Waals surface area contributed by atoms with E-state index in [4.69, 9.17) is 18.9 Å². The van der Waals surface area contributed by atoms with Crippen molar-refractivity contribution in [2.24, 2.45) is 0 Å². The zero-order valence-electron chi connectivity index (χ0n) is 16.8.